The van der Waals surface area contributed by atoms with Crippen molar-refractivity contribution in [3.63, 3.8) is 0 Å². The highest BCUT2D eigenvalue weighted by atomic mass is 32.1. The van der Waals surface area contributed by atoms with Gasteiger partial charge in [0.05, 0.1) is 4.88 Å². The lowest BCUT2D eigenvalue weighted by atomic mass is 9.94. The second-order valence-corrected chi connectivity index (χ2v) is 12.8. The summed E-state index contributed by atoms with van der Waals surface area (Å²) in [5.74, 6) is -1.43. The lowest BCUT2D eigenvalue weighted by molar-refractivity contribution is -0.131. The third kappa shape index (κ3) is 8.50. The number of halogens is 1. The molecule has 3 fully saturated rings. The molecule has 10 nitrogen and oxygen atoms in total. The van der Waals surface area contributed by atoms with Gasteiger partial charge in [-0.15, -0.1) is 11.3 Å². The summed E-state index contributed by atoms with van der Waals surface area (Å²) in [7, 11) is -2.65. The molecule has 5 heterocycles. The maximum Gasteiger partial charge on any atom is 0.258 e. The van der Waals surface area contributed by atoms with E-state index in [2.05, 4.69) is 14.9 Å². The number of hydrogen-bond donors (Lipinski definition) is 3. The number of thiophene rings is 1. The van der Waals surface area contributed by atoms with E-state index in [1.807, 2.05) is 11.0 Å². The van der Waals surface area contributed by atoms with Crippen molar-refractivity contribution in [1.29, 1.82) is 0 Å². The van der Waals surface area contributed by atoms with Gasteiger partial charge in [0, 0.05) is 54.6 Å². The summed E-state index contributed by atoms with van der Waals surface area (Å²) in [6.45, 7) is 2.72. The zero-order valence-corrected chi connectivity index (χ0v) is 25.1. The highest BCUT2D eigenvalue weighted by molar-refractivity contribution is 7.45. The van der Waals surface area contributed by atoms with Crippen LogP contribution in [0, 0.1) is 0 Å². The molecule has 13 heteroatoms. The molecule has 226 valence electrons. The number of aromatic nitrogens is 2. The van der Waals surface area contributed by atoms with Crippen molar-refractivity contribution in [2.24, 2.45) is 5.73 Å². The summed E-state index contributed by atoms with van der Waals surface area (Å²) >= 11 is 1.22. The number of hydrogen-bond acceptors (Lipinski definition) is 8. The highest BCUT2D eigenvalue weighted by Crippen LogP contribution is 2.45. The summed E-state index contributed by atoms with van der Waals surface area (Å²) in [5, 5.41) is 0.667. The fourth-order valence-corrected chi connectivity index (χ4v) is 6.89. The van der Waals surface area contributed by atoms with E-state index in [-0.39, 0.29) is 5.56 Å². The second kappa shape index (κ2) is 15.4. The first-order valence-corrected chi connectivity index (χ1v) is 16.3. The van der Waals surface area contributed by atoms with Crippen LogP contribution in [0.1, 0.15) is 84.1 Å². The molecule has 4 N–H and O–H groups in total. The highest BCUT2D eigenvalue weighted by Gasteiger charge is 2.29. The largest absolute Gasteiger partial charge is 0.365 e. The number of nitrogens with zero attached hydrogens (tertiary/aromatic N) is 4. The predicted octanol–water partition coefficient (Wildman–Crippen LogP) is 4.63. The van der Waals surface area contributed by atoms with Crippen LogP contribution < -0.4 is 5.73 Å². The number of carbonyl (C=O) groups is 3. The Balaban J connectivity index is 0.000000148. The quantitative estimate of drug-likeness (QED) is 0.279. The fraction of sp³-hybridized carbons (Fsp3) is 0.483. The number of piperidine rings is 1. The van der Waals surface area contributed by atoms with Gasteiger partial charge in [-0.3, -0.25) is 14.4 Å². The van der Waals surface area contributed by atoms with E-state index >= 15 is 0 Å². The first-order chi connectivity index (χ1) is 20.3. The summed E-state index contributed by atoms with van der Waals surface area (Å²) in [6.07, 6.45) is 13.2. The number of fused-ring (bicyclic) bond motifs is 2. The average molecular weight is 618 g/mol. The molecule has 3 aromatic rings. The van der Waals surface area contributed by atoms with Gasteiger partial charge in [0.25, 0.3) is 5.91 Å². The monoisotopic (exact) mass is 617 g/mol. The minimum Gasteiger partial charge on any atom is -0.365 e. The normalized spacial score (nSPS) is 19.7. The van der Waals surface area contributed by atoms with E-state index in [9.17, 15) is 18.8 Å². The summed E-state index contributed by atoms with van der Waals surface area (Å²) in [5.41, 5.74) is 6.43. The van der Waals surface area contributed by atoms with Crippen LogP contribution in [-0.2, 0) is 9.59 Å². The van der Waals surface area contributed by atoms with Crippen molar-refractivity contribution < 1.29 is 28.6 Å². The van der Waals surface area contributed by atoms with Crippen LogP contribution in [0.15, 0.2) is 42.9 Å². The van der Waals surface area contributed by atoms with Crippen molar-refractivity contribution in [3.8, 4) is 0 Å². The Kier molecular flexibility index (Phi) is 11.7. The van der Waals surface area contributed by atoms with E-state index in [1.165, 1.54) is 49.2 Å². The number of likely N-dealkylation sites (tertiary alicyclic amines) is 1. The SMILES string of the molecule is NC(=O)c1cc2cc(C(F)P(O)O)ccc2s1.O=C1CCCCC2CCCN12.O=CN1CCC(c2ccncn2)CC1. The van der Waals surface area contributed by atoms with Crippen LogP contribution in [0.2, 0.25) is 0 Å². The third-order valence-corrected chi connectivity index (χ3v) is 9.67. The Morgan fingerprint density at radius 2 is 1.86 bits per heavy atom. The summed E-state index contributed by atoms with van der Waals surface area (Å²) in [4.78, 5) is 63.0. The lowest BCUT2D eigenvalue weighted by Crippen LogP contribution is -2.33. The molecule has 3 saturated heterocycles. The van der Waals surface area contributed by atoms with Crippen molar-refractivity contribution in [2.75, 3.05) is 19.6 Å². The smallest absolute Gasteiger partial charge is 0.258 e. The molecule has 0 saturated carbocycles. The van der Waals surface area contributed by atoms with Crippen molar-refractivity contribution in [1.82, 2.24) is 19.8 Å². The molecule has 1 aromatic carbocycles. The van der Waals surface area contributed by atoms with Gasteiger partial charge in [0.15, 0.2) is 5.91 Å². The van der Waals surface area contributed by atoms with Crippen LogP contribution in [0.4, 0.5) is 4.39 Å². The van der Waals surface area contributed by atoms with E-state index in [4.69, 9.17) is 15.5 Å². The first kappa shape index (κ1) is 31.9. The average Bonchev–Trinajstić information content (AvgIpc) is 3.63. The molecule has 3 aliphatic rings. The molecule has 0 radical (unpaired) electrons. The Labute approximate surface area is 249 Å². The first-order valence-electron chi connectivity index (χ1n) is 14.2. The van der Waals surface area contributed by atoms with Gasteiger partial charge >= 0.3 is 0 Å². The zero-order chi connectivity index (χ0) is 30.1. The topological polar surface area (TPSA) is 150 Å². The van der Waals surface area contributed by atoms with Gasteiger partial charge < -0.3 is 25.3 Å². The van der Waals surface area contributed by atoms with E-state index in [0.717, 1.165) is 62.1 Å². The van der Waals surface area contributed by atoms with Crippen molar-refractivity contribution >= 4 is 48.0 Å². The molecular formula is C29H37FN5O5PS. The molecule has 0 spiro atoms. The minimum absolute atomic E-state index is 0.183. The second-order valence-electron chi connectivity index (χ2n) is 10.6. The van der Waals surface area contributed by atoms with Gasteiger partial charge in [-0.05, 0) is 73.7 Å². The lowest BCUT2D eigenvalue weighted by Gasteiger charge is -2.28. The van der Waals surface area contributed by atoms with Gasteiger partial charge in [0.1, 0.15) is 6.33 Å². The molecule has 3 amide bonds. The molecule has 6 rings (SSSR count). The van der Waals surface area contributed by atoms with Gasteiger partial charge in [0.2, 0.25) is 20.7 Å². The maximum atomic E-state index is 13.4. The number of benzene rings is 1. The van der Waals surface area contributed by atoms with Crippen LogP contribution in [0.3, 0.4) is 0 Å². The van der Waals surface area contributed by atoms with Gasteiger partial charge in [-0.2, -0.15) is 0 Å². The molecule has 2 unspecified atom stereocenters. The Morgan fingerprint density at radius 3 is 2.52 bits per heavy atom. The third-order valence-electron chi connectivity index (χ3n) is 7.84. The molecular weight excluding hydrogens is 580 g/mol. The number of nitrogens with two attached hydrogens (primary N) is 1. The van der Waals surface area contributed by atoms with Crippen LogP contribution in [0.5, 0.6) is 0 Å². The van der Waals surface area contributed by atoms with Crippen LogP contribution >= 0.6 is 19.7 Å². The number of carbonyl (C=O) groups excluding carboxylic acids is 3. The van der Waals surface area contributed by atoms with Gasteiger partial charge in [-0.1, -0.05) is 12.5 Å². The Morgan fingerprint density at radius 1 is 1.10 bits per heavy atom. The molecule has 3 aliphatic heterocycles. The zero-order valence-electron chi connectivity index (χ0n) is 23.3. The van der Waals surface area contributed by atoms with Gasteiger partial charge in [-0.25, -0.2) is 14.4 Å². The minimum atomic E-state index is -2.65. The molecule has 2 aromatic heterocycles. The fourth-order valence-electron chi connectivity index (χ4n) is 5.57. The molecule has 2 atom stereocenters. The van der Waals surface area contributed by atoms with E-state index in [1.54, 1.807) is 24.7 Å². The van der Waals surface area contributed by atoms with E-state index in [0.29, 0.717) is 28.1 Å². The molecule has 0 bridgehead atoms. The van der Waals surface area contributed by atoms with Crippen molar-refractivity contribution in [3.05, 3.63) is 59.0 Å². The number of alkyl halides is 1. The number of rotatable bonds is 5. The molecule has 0 aliphatic carbocycles. The van der Waals surface area contributed by atoms with E-state index < -0.39 is 20.2 Å². The Hall–Kier alpha value is -3.05. The maximum absolute atomic E-state index is 13.4. The number of primary amides is 1. The molecule has 42 heavy (non-hydrogen) atoms. The van der Waals surface area contributed by atoms with Crippen LogP contribution in [0.25, 0.3) is 10.1 Å². The summed E-state index contributed by atoms with van der Waals surface area (Å²) < 4.78 is 14.2. The summed E-state index contributed by atoms with van der Waals surface area (Å²) in [6, 6.07) is 8.73. The Bertz CT molecular complexity index is 1340. The van der Waals surface area contributed by atoms with Crippen molar-refractivity contribution in [2.45, 2.75) is 69.2 Å². The number of amides is 3. The predicted molar refractivity (Wildman–Crippen MR) is 160 cm³/mol. The van der Waals surface area contributed by atoms with Crippen LogP contribution in [-0.4, -0.2) is 73.5 Å². The standard InChI is InChI=1S/C10H9FNO3PS.C10H13N3O.C9H15NO/c11-9(16(14)15)5-1-2-7-6(3-5)4-8(17-7)10(12)13;14-8-13-5-2-9(3-6-13)10-1-4-11-7-12-10;11-9-6-2-1-4-8-5-3-7-10(8)9/h1-4,9,14-15H,(H2,12,13);1,4,7-9H,2-3,5-6H2;8H,1-7H2.